The molecule has 0 aliphatic heterocycles. The van der Waals surface area contributed by atoms with Crippen LogP contribution < -0.4 is 15.8 Å². The van der Waals surface area contributed by atoms with E-state index in [-0.39, 0.29) is 11.1 Å². The fraction of sp³-hybridized carbons (Fsp3) is 0.111. The topological polar surface area (TPSA) is 80.6 Å². The number of hydroxylamine groups is 1. The first-order valence-corrected chi connectivity index (χ1v) is 7.92. The molecule has 0 atom stereocenters. The summed E-state index contributed by atoms with van der Waals surface area (Å²) in [4.78, 5) is 24.1. The van der Waals surface area contributed by atoms with Crippen LogP contribution in [0.3, 0.4) is 0 Å². The maximum Gasteiger partial charge on any atom is 0.274 e. The summed E-state index contributed by atoms with van der Waals surface area (Å²) in [6.07, 6.45) is 1.68. The van der Waals surface area contributed by atoms with E-state index in [2.05, 4.69) is 0 Å². The third kappa shape index (κ3) is 3.81. The Bertz CT molecular complexity index is 967. The lowest BCUT2D eigenvalue weighted by Crippen LogP contribution is -2.23. The second kappa shape index (κ2) is 7.38. The Morgan fingerprint density at radius 2 is 1.92 bits per heavy atom. The van der Waals surface area contributed by atoms with Crippen molar-refractivity contribution in [3.8, 4) is 5.75 Å². The van der Waals surface area contributed by atoms with Gasteiger partial charge >= 0.3 is 0 Å². The van der Waals surface area contributed by atoms with E-state index in [1.54, 1.807) is 54.1 Å². The Morgan fingerprint density at radius 3 is 2.64 bits per heavy atom. The van der Waals surface area contributed by atoms with E-state index >= 15 is 0 Å². The summed E-state index contributed by atoms with van der Waals surface area (Å²) in [7, 11) is 0. The number of aromatic nitrogens is 1. The Morgan fingerprint density at radius 1 is 1.16 bits per heavy atom. The third-order valence-corrected chi connectivity index (χ3v) is 4.01. The van der Waals surface area contributed by atoms with E-state index in [1.165, 1.54) is 10.6 Å². The van der Waals surface area contributed by atoms with Crippen LogP contribution >= 0.6 is 11.6 Å². The molecular formula is C18H15ClN2O4. The first-order chi connectivity index (χ1) is 12.1. The van der Waals surface area contributed by atoms with Crippen molar-refractivity contribution in [2.45, 2.75) is 6.54 Å². The van der Waals surface area contributed by atoms with Gasteiger partial charge in [-0.05, 0) is 47.9 Å². The summed E-state index contributed by atoms with van der Waals surface area (Å²) in [6, 6.07) is 13.4. The number of ether oxygens (including phenoxy) is 1. The van der Waals surface area contributed by atoms with Gasteiger partial charge in [-0.1, -0.05) is 17.7 Å². The fourth-order valence-corrected chi connectivity index (χ4v) is 2.58. The number of benzene rings is 2. The molecule has 3 rings (SSSR count). The van der Waals surface area contributed by atoms with Gasteiger partial charge in [0.2, 0.25) is 0 Å². The Hall–Kier alpha value is -2.83. The molecule has 1 heterocycles. The van der Waals surface area contributed by atoms with Gasteiger partial charge in [-0.3, -0.25) is 14.8 Å². The number of fused-ring (bicyclic) bond motifs is 1. The van der Waals surface area contributed by atoms with Gasteiger partial charge in [-0.25, -0.2) is 5.48 Å². The Labute approximate surface area is 148 Å². The number of rotatable bonds is 5. The monoisotopic (exact) mass is 358 g/mol. The minimum Gasteiger partial charge on any atom is -0.492 e. The molecule has 0 spiro atoms. The first kappa shape index (κ1) is 17.0. The van der Waals surface area contributed by atoms with Crippen molar-refractivity contribution in [1.82, 2.24) is 10.0 Å². The molecule has 1 aromatic heterocycles. The third-order valence-electron chi connectivity index (χ3n) is 3.76. The molecule has 6 nitrogen and oxygen atoms in total. The molecule has 0 radical (unpaired) electrons. The van der Waals surface area contributed by atoms with Crippen molar-refractivity contribution in [1.29, 1.82) is 0 Å². The van der Waals surface area contributed by atoms with E-state index in [0.29, 0.717) is 34.7 Å². The van der Waals surface area contributed by atoms with Crippen LogP contribution in [0.25, 0.3) is 10.8 Å². The molecule has 128 valence electrons. The van der Waals surface area contributed by atoms with E-state index in [1.807, 2.05) is 0 Å². The van der Waals surface area contributed by atoms with Crippen LogP contribution in [0.15, 0.2) is 59.5 Å². The normalized spacial score (nSPS) is 10.6. The largest absolute Gasteiger partial charge is 0.492 e. The molecule has 7 heteroatoms. The van der Waals surface area contributed by atoms with Gasteiger partial charge in [0.25, 0.3) is 11.5 Å². The van der Waals surface area contributed by atoms with Crippen molar-refractivity contribution in [3.05, 3.63) is 75.7 Å². The zero-order valence-electron chi connectivity index (χ0n) is 13.1. The number of hydrogen-bond donors (Lipinski definition) is 2. The van der Waals surface area contributed by atoms with Crippen molar-refractivity contribution in [3.63, 3.8) is 0 Å². The predicted molar refractivity (Wildman–Crippen MR) is 94.4 cm³/mol. The van der Waals surface area contributed by atoms with Crippen LogP contribution in [0.5, 0.6) is 5.75 Å². The highest BCUT2D eigenvalue weighted by atomic mass is 35.5. The summed E-state index contributed by atoms with van der Waals surface area (Å²) >= 11 is 5.82. The van der Waals surface area contributed by atoms with Crippen molar-refractivity contribution in [2.75, 3.05) is 6.61 Å². The molecule has 1 amide bonds. The van der Waals surface area contributed by atoms with Crippen LogP contribution in [-0.2, 0) is 6.54 Å². The lowest BCUT2D eigenvalue weighted by Gasteiger charge is -2.10. The second-order valence-corrected chi connectivity index (χ2v) is 5.80. The smallest absolute Gasteiger partial charge is 0.274 e. The summed E-state index contributed by atoms with van der Waals surface area (Å²) in [5.41, 5.74) is 1.54. The zero-order valence-corrected chi connectivity index (χ0v) is 13.9. The number of carbonyl (C=O) groups is 1. The fourth-order valence-electron chi connectivity index (χ4n) is 2.45. The van der Waals surface area contributed by atoms with E-state index in [0.717, 1.165) is 0 Å². The van der Waals surface area contributed by atoms with Gasteiger partial charge in [-0.15, -0.1) is 0 Å². The average Bonchev–Trinajstić information content (AvgIpc) is 2.64. The highest BCUT2D eigenvalue weighted by Crippen LogP contribution is 2.16. The summed E-state index contributed by atoms with van der Waals surface area (Å²) in [6.45, 7) is 0.664. The predicted octanol–water partition coefficient (Wildman–Crippen LogP) is 2.85. The standard InChI is InChI=1S/C18H15ClN2O4/c19-14-3-5-15(6-4-14)25-10-9-21-8-7-12-1-2-13(17(22)20-24)11-16(12)18(21)23/h1-8,11,24H,9-10H2,(H,20,22). The highest BCUT2D eigenvalue weighted by molar-refractivity contribution is 6.30. The Balaban J connectivity index is 1.79. The van der Waals surface area contributed by atoms with Crippen LogP contribution in [0.1, 0.15) is 10.4 Å². The van der Waals surface area contributed by atoms with Crippen LogP contribution in [0, 0.1) is 0 Å². The molecular weight excluding hydrogens is 344 g/mol. The molecule has 0 fully saturated rings. The lowest BCUT2D eigenvalue weighted by molar-refractivity contribution is 0.0706. The highest BCUT2D eigenvalue weighted by Gasteiger charge is 2.08. The molecule has 0 unspecified atom stereocenters. The maximum atomic E-state index is 12.6. The summed E-state index contributed by atoms with van der Waals surface area (Å²) in [5.74, 6) is 0.00270. The van der Waals surface area contributed by atoms with Gasteiger partial charge in [-0.2, -0.15) is 0 Å². The van der Waals surface area contributed by atoms with Gasteiger partial charge < -0.3 is 9.30 Å². The number of carbonyl (C=O) groups excluding carboxylic acids is 1. The molecule has 2 N–H and O–H groups in total. The minimum atomic E-state index is -0.664. The molecule has 0 aliphatic rings. The second-order valence-electron chi connectivity index (χ2n) is 5.36. The Kier molecular flexibility index (Phi) is 5.02. The molecule has 2 aromatic carbocycles. The van der Waals surface area contributed by atoms with Crippen LogP contribution in [0.4, 0.5) is 0 Å². The van der Waals surface area contributed by atoms with Crippen molar-refractivity contribution in [2.24, 2.45) is 0 Å². The van der Waals surface area contributed by atoms with E-state index in [9.17, 15) is 9.59 Å². The van der Waals surface area contributed by atoms with Crippen LogP contribution in [0.2, 0.25) is 5.02 Å². The zero-order chi connectivity index (χ0) is 17.8. The summed E-state index contributed by atoms with van der Waals surface area (Å²) < 4.78 is 7.11. The van der Waals surface area contributed by atoms with Crippen LogP contribution in [-0.4, -0.2) is 22.3 Å². The van der Waals surface area contributed by atoms with Crippen molar-refractivity contribution < 1.29 is 14.7 Å². The summed E-state index contributed by atoms with van der Waals surface area (Å²) in [5, 5.41) is 10.5. The number of amides is 1. The van der Waals surface area contributed by atoms with E-state index < -0.39 is 5.91 Å². The molecule has 25 heavy (non-hydrogen) atoms. The molecule has 0 bridgehead atoms. The van der Waals surface area contributed by atoms with Gasteiger partial charge in [0.1, 0.15) is 12.4 Å². The lowest BCUT2D eigenvalue weighted by atomic mass is 10.1. The number of pyridine rings is 1. The number of nitrogens with one attached hydrogen (secondary N) is 1. The first-order valence-electron chi connectivity index (χ1n) is 7.54. The average molecular weight is 359 g/mol. The minimum absolute atomic E-state index is 0.210. The molecule has 0 saturated heterocycles. The SMILES string of the molecule is O=C(NO)c1ccc2ccn(CCOc3ccc(Cl)cc3)c(=O)c2c1. The van der Waals surface area contributed by atoms with Crippen molar-refractivity contribution >= 4 is 28.3 Å². The molecule has 0 aliphatic carbocycles. The van der Waals surface area contributed by atoms with Gasteiger partial charge in [0.05, 0.1) is 6.54 Å². The van der Waals surface area contributed by atoms with Gasteiger partial charge in [0, 0.05) is 22.2 Å². The maximum absolute atomic E-state index is 12.6. The molecule has 3 aromatic rings. The number of nitrogens with zero attached hydrogens (tertiary/aromatic N) is 1. The quantitative estimate of drug-likeness (QED) is 0.543. The number of halogens is 1. The number of hydrogen-bond acceptors (Lipinski definition) is 4. The van der Waals surface area contributed by atoms with Gasteiger partial charge in [0.15, 0.2) is 0 Å². The van der Waals surface area contributed by atoms with E-state index in [4.69, 9.17) is 21.5 Å². The molecule has 0 saturated carbocycles.